The van der Waals surface area contributed by atoms with Crippen LogP contribution >= 0.6 is 0 Å². The van der Waals surface area contributed by atoms with E-state index in [9.17, 15) is 0 Å². The zero-order chi connectivity index (χ0) is 12.5. The number of piperidine rings is 1. The van der Waals surface area contributed by atoms with Crippen LogP contribution in [0.5, 0.6) is 0 Å². The Labute approximate surface area is 108 Å². The maximum Gasteiger partial charge on any atom is 0.0772 e. The van der Waals surface area contributed by atoms with E-state index in [2.05, 4.69) is 27.3 Å². The van der Waals surface area contributed by atoms with Crippen molar-refractivity contribution in [1.82, 2.24) is 20.3 Å². The van der Waals surface area contributed by atoms with Gasteiger partial charge in [0.15, 0.2) is 0 Å². The number of nitrogens with two attached hydrogens (primary N) is 1. The molecule has 1 aromatic heterocycles. The highest BCUT2D eigenvalue weighted by molar-refractivity contribution is 5.07. The van der Waals surface area contributed by atoms with Gasteiger partial charge in [0.25, 0.3) is 0 Å². The van der Waals surface area contributed by atoms with Crippen molar-refractivity contribution >= 4 is 0 Å². The van der Waals surface area contributed by atoms with Crippen LogP contribution in [-0.2, 0) is 0 Å². The maximum absolute atomic E-state index is 5.75. The predicted octanol–water partition coefficient (Wildman–Crippen LogP) is 0.854. The van der Waals surface area contributed by atoms with Crippen LogP contribution in [0.2, 0.25) is 0 Å². The Kier molecular flexibility index (Phi) is 3.28. The highest BCUT2D eigenvalue weighted by atomic mass is 15.3. The van der Waals surface area contributed by atoms with Gasteiger partial charge in [-0.3, -0.25) is 21.2 Å². The van der Waals surface area contributed by atoms with Gasteiger partial charge < -0.3 is 4.90 Å². The number of hydrogen-bond acceptors (Lipinski definition) is 5. The second-order valence-corrected chi connectivity index (χ2v) is 5.56. The van der Waals surface area contributed by atoms with E-state index >= 15 is 0 Å². The normalized spacial score (nSPS) is 33.6. The topological polar surface area (TPSA) is 67.1 Å². The van der Waals surface area contributed by atoms with Crippen LogP contribution in [0.15, 0.2) is 18.6 Å². The van der Waals surface area contributed by atoms with Gasteiger partial charge in [0.2, 0.25) is 0 Å². The molecule has 2 aliphatic rings. The SMILES string of the molecule is CN1C2CCC1CC(C(NN)c1cnccn1)C2. The van der Waals surface area contributed by atoms with Gasteiger partial charge in [-0.15, -0.1) is 0 Å². The van der Waals surface area contributed by atoms with Gasteiger partial charge in [-0.2, -0.15) is 0 Å². The number of fused-ring (bicyclic) bond motifs is 2. The molecule has 0 aromatic carbocycles. The zero-order valence-electron chi connectivity index (χ0n) is 10.8. The zero-order valence-corrected chi connectivity index (χ0v) is 10.8. The molecule has 2 aliphatic heterocycles. The van der Waals surface area contributed by atoms with Crippen LogP contribution < -0.4 is 11.3 Å². The van der Waals surface area contributed by atoms with Gasteiger partial charge in [0.1, 0.15) is 0 Å². The van der Waals surface area contributed by atoms with Gasteiger partial charge in [-0.1, -0.05) is 0 Å². The lowest BCUT2D eigenvalue weighted by atomic mass is 9.84. The summed E-state index contributed by atoms with van der Waals surface area (Å²) >= 11 is 0. The van der Waals surface area contributed by atoms with E-state index in [-0.39, 0.29) is 6.04 Å². The van der Waals surface area contributed by atoms with E-state index in [1.54, 1.807) is 12.4 Å². The second-order valence-electron chi connectivity index (χ2n) is 5.56. The van der Waals surface area contributed by atoms with Crippen molar-refractivity contribution in [2.75, 3.05) is 7.05 Å². The van der Waals surface area contributed by atoms with Crippen LogP contribution in [0.25, 0.3) is 0 Å². The van der Waals surface area contributed by atoms with E-state index in [0.717, 1.165) is 17.8 Å². The molecular formula is C13H21N5. The van der Waals surface area contributed by atoms with Crippen molar-refractivity contribution in [2.24, 2.45) is 11.8 Å². The third kappa shape index (κ3) is 2.02. The van der Waals surface area contributed by atoms with E-state index < -0.39 is 0 Å². The molecule has 0 aliphatic carbocycles. The highest BCUT2D eigenvalue weighted by Crippen LogP contribution is 2.41. The van der Waals surface area contributed by atoms with Crippen molar-refractivity contribution in [3.05, 3.63) is 24.3 Å². The fourth-order valence-electron chi connectivity index (χ4n) is 3.66. The van der Waals surface area contributed by atoms with Gasteiger partial charge in [0, 0.05) is 24.5 Å². The molecule has 3 unspecified atom stereocenters. The molecule has 2 bridgehead atoms. The molecule has 0 amide bonds. The van der Waals surface area contributed by atoms with Crippen LogP contribution in [-0.4, -0.2) is 34.0 Å². The first-order valence-electron chi connectivity index (χ1n) is 6.73. The fourth-order valence-corrected chi connectivity index (χ4v) is 3.66. The summed E-state index contributed by atoms with van der Waals surface area (Å²) in [6, 6.07) is 1.58. The summed E-state index contributed by atoms with van der Waals surface area (Å²) in [4.78, 5) is 11.1. The lowest BCUT2D eigenvalue weighted by Gasteiger charge is -2.39. The van der Waals surface area contributed by atoms with Crippen LogP contribution in [0.1, 0.15) is 37.4 Å². The van der Waals surface area contributed by atoms with Crippen LogP contribution in [0, 0.1) is 5.92 Å². The van der Waals surface area contributed by atoms with Crippen LogP contribution in [0.3, 0.4) is 0 Å². The minimum absolute atomic E-state index is 0.135. The first kappa shape index (κ1) is 12.0. The second kappa shape index (κ2) is 4.91. The molecule has 3 atom stereocenters. The molecule has 98 valence electrons. The number of nitrogens with zero attached hydrogens (tertiary/aromatic N) is 3. The van der Waals surface area contributed by atoms with Gasteiger partial charge >= 0.3 is 0 Å². The average molecular weight is 247 g/mol. The molecule has 2 saturated heterocycles. The average Bonchev–Trinajstić information content (AvgIpc) is 2.64. The monoisotopic (exact) mass is 247 g/mol. The largest absolute Gasteiger partial charge is 0.300 e. The number of hydrazine groups is 1. The standard InChI is InChI=1S/C13H21N5/c1-18-10-2-3-11(18)7-9(6-10)13(17-14)12-8-15-4-5-16-12/h4-5,8-11,13,17H,2-3,6-7,14H2,1H3. The summed E-state index contributed by atoms with van der Waals surface area (Å²) in [7, 11) is 2.26. The number of aromatic nitrogens is 2. The molecule has 0 radical (unpaired) electrons. The van der Waals surface area contributed by atoms with Crippen molar-refractivity contribution in [2.45, 2.75) is 43.8 Å². The first-order valence-corrected chi connectivity index (χ1v) is 6.73. The lowest BCUT2D eigenvalue weighted by molar-refractivity contribution is 0.111. The Bertz CT molecular complexity index is 382. The molecule has 5 heteroatoms. The molecular weight excluding hydrogens is 226 g/mol. The smallest absolute Gasteiger partial charge is 0.0772 e. The maximum atomic E-state index is 5.75. The third-order valence-corrected chi connectivity index (χ3v) is 4.69. The van der Waals surface area contributed by atoms with Crippen molar-refractivity contribution in [3.63, 3.8) is 0 Å². The molecule has 3 rings (SSSR count). The van der Waals surface area contributed by atoms with Crippen molar-refractivity contribution in [3.8, 4) is 0 Å². The third-order valence-electron chi connectivity index (χ3n) is 4.69. The Morgan fingerprint density at radius 1 is 1.33 bits per heavy atom. The summed E-state index contributed by atoms with van der Waals surface area (Å²) in [6.45, 7) is 0. The van der Waals surface area contributed by atoms with E-state index in [1.165, 1.54) is 25.7 Å². The molecule has 2 fully saturated rings. The predicted molar refractivity (Wildman–Crippen MR) is 69.4 cm³/mol. The quantitative estimate of drug-likeness (QED) is 0.612. The van der Waals surface area contributed by atoms with Gasteiger partial charge in [-0.05, 0) is 38.6 Å². The van der Waals surface area contributed by atoms with Gasteiger partial charge in [0.05, 0.1) is 17.9 Å². The molecule has 3 heterocycles. The molecule has 3 N–H and O–H groups in total. The summed E-state index contributed by atoms with van der Waals surface area (Å²) in [5, 5.41) is 0. The first-order chi connectivity index (χ1) is 8.79. The van der Waals surface area contributed by atoms with Crippen molar-refractivity contribution < 1.29 is 0 Å². The number of hydrogen-bond donors (Lipinski definition) is 2. The van der Waals surface area contributed by atoms with Gasteiger partial charge in [-0.25, -0.2) is 0 Å². The summed E-state index contributed by atoms with van der Waals surface area (Å²) in [6.07, 6.45) is 10.3. The van der Waals surface area contributed by atoms with Crippen LogP contribution in [0.4, 0.5) is 0 Å². The summed E-state index contributed by atoms with van der Waals surface area (Å²) in [5.41, 5.74) is 3.92. The van der Waals surface area contributed by atoms with E-state index in [1.807, 2.05) is 6.20 Å². The molecule has 0 spiro atoms. The number of nitrogens with one attached hydrogen (secondary N) is 1. The Hall–Kier alpha value is -1.04. The molecule has 18 heavy (non-hydrogen) atoms. The van der Waals surface area contributed by atoms with E-state index in [0.29, 0.717) is 5.92 Å². The lowest BCUT2D eigenvalue weighted by Crippen LogP contribution is -2.45. The highest BCUT2D eigenvalue weighted by Gasteiger charge is 2.41. The Morgan fingerprint density at radius 2 is 2.06 bits per heavy atom. The molecule has 1 aromatic rings. The minimum atomic E-state index is 0.135. The van der Waals surface area contributed by atoms with Crippen molar-refractivity contribution in [1.29, 1.82) is 0 Å². The Balaban J connectivity index is 1.78. The fraction of sp³-hybridized carbons (Fsp3) is 0.692. The summed E-state index contributed by atoms with van der Waals surface area (Å²) in [5.74, 6) is 6.32. The molecule has 0 saturated carbocycles. The van der Waals surface area contributed by atoms with E-state index in [4.69, 9.17) is 5.84 Å². The summed E-state index contributed by atoms with van der Waals surface area (Å²) < 4.78 is 0. The molecule has 5 nitrogen and oxygen atoms in total. The number of rotatable bonds is 3. The minimum Gasteiger partial charge on any atom is -0.300 e. The Morgan fingerprint density at radius 3 is 2.61 bits per heavy atom.